The normalized spacial score (nSPS) is 13.6. The predicted molar refractivity (Wildman–Crippen MR) is 80.7 cm³/mol. The van der Waals surface area contributed by atoms with E-state index >= 15 is 0 Å². The van der Waals surface area contributed by atoms with Crippen molar-refractivity contribution in [3.63, 3.8) is 0 Å². The van der Waals surface area contributed by atoms with Crippen LogP contribution in [0.1, 0.15) is 33.3 Å². The summed E-state index contributed by atoms with van der Waals surface area (Å²) < 4.78 is 6.84. The number of ether oxygens (including phenoxy) is 1. The van der Waals surface area contributed by atoms with E-state index in [0.717, 1.165) is 17.6 Å². The van der Waals surface area contributed by atoms with Crippen molar-refractivity contribution in [2.75, 3.05) is 13.2 Å². The summed E-state index contributed by atoms with van der Waals surface area (Å²) in [5, 5.41) is 3.49. The molecule has 1 rings (SSSR count). The molecule has 1 unspecified atom stereocenters. The summed E-state index contributed by atoms with van der Waals surface area (Å²) in [5.41, 5.74) is 1.40. The van der Waals surface area contributed by atoms with Gasteiger partial charge >= 0.3 is 0 Å². The molecule has 0 spiro atoms. The Labute approximate surface area is 119 Å². The maximum atomic E-state index is 5.73. The van der Waals surface area contributed by atoms with Gasteiger partial charge in [-0.1, -0.05) is 35.0 Å². The van der Waals surface area contributed by atoms with Crippen molar-refractivity contribution >= 4 is 15.9 Å². The van der Waals surface area contributed by atoms with E-state index in [1.54, 1.807) is 0 Å². The number of benzene rings is 1. The third-order valence-electron chi connectivity index (χ3n) is 2.57. The summed E-state index contributed by atoms with van der Waals surface area (Å²) in [5.74, 6) is 0.527. The highest BCUT2D eigenvalue weighted by atomic mass is 79.9. The molecule has 0 aromatic heterocycles. The molecule has 1 aromatic carbocycles. The highest BCUT2D eigenvalue weighted by Crippen LogP contribution is 2.11. The van der Waals surface area contributed by atoms with Crippen molar-refractivity contribution in [3.8, 4) is 0 Å². The van der Waals surface area contributed by atoms with Gasteiger partial charge in [0.1, 0.15) is 0 Å². The van der Waals surface area contributed by atoms with Crippen LogP contribution in [0.15, 0.2) is 28.7 Å². The molecule has 1 atom stereocenters. The average Bonchev–Trinajstić information content (AvgIpc) is 2.28. The van der Waals surface area contributed by atoms with Crippen LogP contribution in [0.25, 0.3) is 0 Å². The molecular weight excluding hydrogens is 290 g/mol. The van der Waals surface area contributed by atoms with Crippen molar-refractivity contribution < 1.29 is 4.74 Å². The standard InChI is InChI=1S/C15H24BrNO/c1-12(9-17-15(2,3)4)10-18-11-13-5-7-14(16)8-6-13/h5-8,12,17H,9-11H2,1-4H3. The Balaban J connectivity index is 2.19. The summed E-state index contributed by atoms with van der Waals surface area (Å²) in [6.45, 7) is 11.2. The van der Waals surface area contributed by atoms with Gasteiger partial charge in [-0.25, -0.2) is 0 Å². The smallest absolute Gasteiger partial charge is 0.0717 e. The van der Waals surface area contributed by atoms with E-state index in [4.69, 9.17) is 4.74 Å². The van der Waals surface area contributed by atoms with Crippen LogP contribution in [0, 0.1) is 5.92 Å². The SMILES string of the molecule is CC(CNC(C)(C)C)COCc1ccc(Br)cc1. The van der Waals surface area contributed by atoms with Crippen LogP contribution in [0.2, 0.25) is 0 Å². The first-order valence-electron chi connectivity index (χ1n) is 6.44. The molecule has 18 heavy (non-hydrogen) atoms. The Morgan fingerprint density at radius 2 is 1.83 bits per heavy atom. The fraction of sp³-hybridized carbons (Fsp3) is 0.600. The summed E-state index contributed by atoms with van der Waals surface area (Å²) in [7, 11) is 0. The quantitative estimate of drug-likeness (QED) is 0.857. The fourth-order valence-corrected chi connectivity index (χ4v) is 1.76. The predicted octanol–water partition coefficient (Wildman–Crippen LogP) is 3.99. The number of halogens is 1. The van der Waals surface area contributed by atoms with Crippen molar-refractivity contribution in [3.05, 3.63) is 34.3 Å². The van der Waals surface area contributed by atoms with Gasteiger partial charge in [0.25, 0.3) is 0 Å². The van der Waals surface area contributed by atoms with Crippen molar-refractivity contribution in [2.24, 2.45) is 5.92 Å². The van der Waals surface area contributed by atoms with E-state index < -0.39 is 0 Å². The molecule has 2 nitrogen and oxygen atoms in total. The highest BCUT2D eigenvalue weighted by Gasteiger charge is 2.11. The van der Waals surface area contributed by atoms with Crippen LogP contribution in [0.5, 0.6) is 0 Å². The van der Waals surface area contributed by atoms with Crippen LogP contribution in [0.4, 0.5) is 0 Å². The number of rotatable bonds is 6. The molecule has 0 bridgehead atoms. The molecule has 0 saturated carbocycles. The zero-order chi connectivity index (χ0) is 13.6. The monoisotopic (exact) mass is 313 g/mol. The van der Waals surface area contributed by atoms with E-state index in [1.165, 1.54) is 5.56 Å². The molecule has 102 valence electrons. The Hall–Kier alpha value is -0.380. The Morgan fingerprint density at radius 1 is 1.22 bits per heavy atom. The first kappa shape index (κ1) is 15.7. The van der Waals surface area contributed by atoms with Crippen LogP contribution < -0.4 is 5.32 Å². The van der Waals surface area contributed by atoms with E-state index in [2.05, 4.69) is 61.1 Å². The zero-order valence-corrected chi connectivity index (χ0v) is 13.4. The third kappa shape index (κ3) is 7.14. The summed E-state index contributed by atoms with van der Waals surface area (Å²) in [6.07, 6.45) is 0. The third-order valence-corrected chi connectivity index (χ3v) is 3.09. The minimum absolute atomic E-state index is 0.181. The molecule has 0 amide bonds. The van der Waals surface area contributed by atoms with E-state index in [0.29, 0.717) is 12.5 Å². The number of nitrogens with one attached hydrogen (secondary N) is 1. The lowest BCUT2D eigenvalue weighted by atomic mass is 10.1. The van der Waals surface area contributed by atoms with Gasteiger partial charge in [0, 0.05) is 16.6 Å². The van der Waals surface area contributed by atoms with Crippen LogP contribution in [-0.4, -0.2) is 18.7 Å². The molecule has 0 saturated heterocycles. The van der Waals surface area contributed by atoms with Crippen molar-refractivity contribution in [2.45, 2.75) is 39.8 Å². The molecule has 1 aromatic rings. The van der Waals surface area contributed by atoms with Gasteiger partial charge in [-0.3, -0.25) is 0 Å². The van der Waals surface area contributed by atoms with Crippen molar-refractivity contribution in [1.29, 1.82) is 0 Å². The second kappa shape index (κ2) is 7.27. The Morgan fingerprint density at radius 3 is 2.39 bits per heavy atom. The Kier molecular flexibility index (Phi) is 6.33. The topological polar surface area (TPSA) is 21.3 Å². The molecule has 0 aliphatic heterocycles. The van der Waals surface area contributed by atoms with E-state index in [-0.39, 0.29) is 5.54 Å². The minimum atomic E-state index is 0.181. The first-order chi connectivity index (χ1) is 8.37. The number of hydrogen-bond acceptors (Lipinski definition) is 2. The fourth-order valence-electron chi connectivity index (χ4n) is 1.50. The van der Waals surface area contributed by atoms with Gasteiger partial charge in [0.2, 0.25) is 0 Å². The number of hydrogen-bond donors (Lipinski definition) is 1. The maximum Gasteiger partial charge on any atom is 0.0717 e. The molecule has 0 aliphatic rings. The summed E-state index contributed by atoms with van der Waals surface area (Å²) >= 11 is 3.43. The molecule has 0 aliphatic carbocycles. The van der Waals surface area contributed by atoms with Gasteiger partial charge in [0.15, 0.2) is 0 Å². The lowest BCUT2D eigenvalue weighted by Gasteiger charge is -2.23. The minimum Gasteiger partial charge on any atom is -0.376 e. The molecule has 0 fully saturated rings. The maximum absolute atomic E-state index is 5.73. The highest BCUT2D eigenvalue weighted by molar-refractivity contribution is 9.10. The lowest BCUT2D eigenvalue weighted by Crippen LogP contribution is -2.39. The largest absolute Gasteiger partial charge is 0.376 e. The molecule has 3 heteroatoms. The van der Waals surface area contributed by atoms with Gasteiger partial charge in [0.05, 0.1) is 13.2 Å². The van der Waals surface area contributed by atoms with Gasteiger partial charge in [-0.2, -0.15) is 0 Å². The molecular formula is C15H24BrNO. The first-order valence-corrected chi connectivity index (χ1v) is 7.23. The lowest BCUT2D eigenvalue weighted by molar-refractivity contribution is 0.0898. The van der Waals surface area contributed by atoms with Gasteiger partial charge in [-0.15, -0.1) is 0 Å². The van der Waals surface area contributed by atoms with Crippen LogP contribution in [-0.2, 0) is 11.3 Å². The molecule has 0 heterocycles. The Bertz CT molecular complexity index is 343. The molecule has 1 N–H and O–H groups in total. The van der Waals surface area contributed by atoms with Crippen LogP contribution in [0.3, 0.4) is 0 Å². The summed E-state index contributed by atoms with van der Waals surface area (Å²) in [6, 6.07) is 8.26. The van der Waals surface area contributed by atoms with Gasteiger partial charge in [-0.05, 0) is 44.4 Å². The second-order valence-corrected chi connectivity index (χ2v) is 6.79. The van der Waals surface area contributed by atoms with E-state index in [1.807, 2.05) is 12.1 Å². The average molecular weight is 314 g/mol. The van der Waals surface area contributed by atoms with Crippen LogP contribution >= 0.6 is 15.9 Å². The van der Waals surface area contributed by atoms with Crippen molar-refractivity contribution in [1.82, 2.24) is 5.32 Å². The summed E-state index contributed by atoms with van der Waals surface area (Å²) in [4.78, 5) is 0. The zero-order valence-electron chi connectivity index (χ0n) is 11.8. The second-order valence-electron chi connectivity index (χ2n) is 5.88. The van der Waals surface area contributed by atoms with Gasteiger partial charge < -0.3 is 10.1 Å². The van der Waals surface area contributed by atoms with E-state index in [9.17, 15) is 0 Å². The molecule has 0 radical (unpaired) electrons.